The Morgan fingerprint density at radius 1 is 1.35 bits per heavy atom. The third kappa shape index (κ3) is 4.47. The standard InChI is InChI=1S/C10H14N4O3/c11-3-4-12-10(17)14-6-7-1-2-8(9(15)16)13-5-7/h1-2,5H,3-4,6,11H2,(H,15,16)(H2,12,14,17). The highest BCUT2D eigenvalue weighted by Gasteiger charge is 2.04. The van der Waals surface area contributed by atoms with Gasteiger partial charge in [-0.1, -0.05) is 6.07 Å². The summed E-state index contributed by atoms with van der Waals surface area (Å²) in [7, 11) is 0. The zero-order valence-electron chi connectivity index (χ0n) is 9.14. The summed E-state index contributed by atoms with van der Waals surface area (Å²) in [6.45, 7) is 1.06. The van der Waals surface area contributed by atoms with Crippen molar-refractivity contribution in [3.8, 4) is 0 Å². The maximum Gasteiger partial charge on any atom is 0.354 e. The van der Waals surface area contributed by atoms with Crippen LogP contribution in [-0.2, 0) is 6.54 Å². The highest BCUT2D eigenvalue weighted by Crippen LogP contribution is 1.99. The van der Waals surface area contributed by atoms with Gasteiger partial charge in [-0.05, 0) is 11.6 Å². The van der Waals surface area contributed by atoms with E-state index in [-0.39, 0.29) is 18.3 Å². The fraction of sp³-hybridized carbons (Fsp3) is 0.300. The van der Waals surface area contributed by atoms with Crippen molar-refractivity contribution < 1.29 is 14.7 Å². The largest absolute Gasteiger partial charge is 0.477 e. The second-order valence-electron chi connectivity index (χ2n) is 3.25. The molecular formula is C10H14N4O3. The number of aromatic nitrogens is 1. The van der Waals surface area contributed by atoms with E-state index in [2.05, 4.69) is 15.6 Å². The molecule has 0 bridgehead atoms. The number of nitrogens with zero attached hydrogens (tertiary/aromatic N) is 1. The molecule has 7 heteroatoms. The first kappa shape index (κ1) is 12.9. The van der Waals surface area contributed by atoms with Gasteiger partial charge in [-0.25, -0.2) is 14.6 Å². The van der Waals surface area contributed by atoms with Crippen molar-refractivity contribution in [2.24, 2.45) is 5.73 Å². The highest BCUT2D eigenvalue weighted by molar-refractivity contribution is 5.85. The van der Waals surface area contributed by atoms with Crippen LogP contribution in [-0.4, -0.2) is 35.2 Å². The third-order valence-corrected chi connectivity index (χ3v) is 1.93. The molecular weight excluding hydrogens is 224 g/mol. The summed E-state index contributed by atoms with van der Waals surface area (Å²) in [5.41, 5.74) is 5.91. The summed E-state index contributed by atoms with van der Waals surface area (Å²) in [6.07, 6.45) is 1.41. The number of amides is 2. The molecule has 0 aliphatic rings. The van der Waals surface area contributed by atoms with Crippen molar-refractivity contribution in [3.05, 3.63) is 29.6 Å². The third-order valence-electron chi connectivity index (χ3n) is 1.93. The molecule has 7 nitrogen and oxygen atoms in total. The molecule has 1 aromatic rings. The molecule has 0 spiro atoms. The molecule has 0 saturated carbocycles. The lowest BCUT2D eigenvalue weighted by Gasteiger charge is -2.06. The maximum absolute atomic E-state index is 11.2. The first-order chi connectivity index (χ1) is 8.13. The molecule has 0 aliphatic carbocycles. The van der Waals surface area contributed by atoms with Gasteiger partial charge in [-0.2, -0.15) is 0 Å². The van der Waals surface area contributed by atoms with Crippen molar-refractivity contribution in [1.29, 1.82) is 0 Å². The van der Waals surface area contributed by atoms with Crippen LogP contribution in [0.4, 0.5) is 4.79 Å². The summed E-state index contributed by atoms with van der Waals surface area (Å²) in [5, 5.41) is 13.8. The zero-order chi connectivity index (χ0) is 12.7. The number of carbonyl (C=O) groups excluding carboxylic acids is 1. The lowest BCUT2D eigenvalue weighted by molar-refractivity contribution is 0.0690. The van der Waals surface area contributed by atoms with Crippen LogP contribution >= 0.6 is 0 Å². The van der Waals surface area contributed by atoms with Crippen molar-refractivity contribution in [3.63, 3.8) is 0 Å². The van der Waals surface area contributed by atoms with Gasteiger partial charge in [0, 0.05) is 25.8 Å². The number of pyridine rings is 1. The van der Waals surface area contributed by atoms with E-state index in [1.54, 1.807) is 6.07 Å². The van der Waals surface area contributed by atoms with E-state index in [0.29, 0.717) is 13.1 Å². The predicted molar refractivity (Wildman–Crippen MR) is 60.5 cm³/mol. The van der Waals surface area contributed by atoms with E-state index < -0.39 is 5.97 Å². The minimum Gasteiger partial charge on any atom is -0.477 e. The number of nitrogens with one attached hydrogen (secondary N) is 2. The normalized spacial score (nSPS) is 9.71. The molecule has 0 atom stereocenters. The van der Waals surface area contributed by atoms with Crippen molar-refractivity contribution in [2.75, 3.05) is 13.1 Å². The van der Waals surface area contributed by atoms with Crippen LogP contribution in [0.3, 0.4) is 0 Å². The average Bonchev–Trinajstić information content (AvgIpc) is 2.34. The Balaban J connectivity index is 2.42. The number of carbonyl (C=O) groups is 2. The van der Waals surface area contributed by atoms with Crippen LogP contribution in [0.5, 0.6) is 0 Å². The average molecular weight is 238 g/mol. The van der Waals surface area contributed by atoms with E-state index in [9.17, 15) is 9.59 Å². The summed E-state index contributed by atoms with van der Waals surface area (Å²) < 4.78 is 0. The lowest BCUT2D eigenvalue weighted by atomic mass is 10.2. The lowest BCUT2D eigenvalue weighted by Crippen LogP contribution is -2.37. The summed E-state index contributed by atoms with van der Waals surface area (Å²) in [4.78, 5) is 25.4. The second kappa shape index (κ2) is 6.44. The van der Waals surface area contributed by atoms with Crippen LogP contribution in [0.2, 0.25) is 0 Å². The van der Waals surface area contributed by atoms with E-state index in [1.165, 1.54) is 12.3 Å². The first-order valence-electron chi connectivity index (χ1n) is 5.03. The molecule has 1 heterocycles. The van der Waals surface area contributed by atoms with Crippen molar-refractivity contribution in [2.45, 2.75) is 6.54 Å². The number of rotatable bonds is 5. The predicted octanol–water partition coefficient (Wildman–Crippen LogP) is -0.462. The zero-order valence-corrected chi connectivity index (χ0v) is 9.14. The smallest absolute Gasteiger partial charge is 0.354 e. The minimum atomic E-state index is -1.08. The SMILES string of the molecule is NCCNC(=O)NCc1ccc(C(=O)O)nc1. The van der Waals surface area contributed by atoms with E-state index in [1.807, 2.05) is 0 Å². The number of hydrogen-bond donors (Lipinski definition) is 4. The first-order valence-corrected chi connectivity index (χ1v) is 5.03. The van der Waals surface area contributed by atoms with Crippen LogP contribution in [0.1, 0.15) is 16.1 Å². The van der Waals surface area contributed by atoms with Crippen molar-refractivity contribution >= 4 is 12.0 Å². The molecule has 0 saturated heterocycles. The van der Waals surface area contributed by atoms with Crippen LogP contribution in [0, 0.1) is 0 Å². The van der Waals surface area contributed by atoms with Crippen LogP contribution < -0.4 is 16.4 Å². The monoisotopic (exact) mass is 238 g/mol. The molecule has 2 amide bonds. The Labute approximate surface area is 98.0 Å². The quantitative estimate of drug-likeness (QED) is 0.553. The molecule has 1 aromatic heterocycles. The number of aromatic carboxylic acids is 1. The number of nitrogens with two attached hydrogens (primary N) is 1. The van der Waals surface area contributed by atoms with Gasteiger partial charge in [0.25, 0.3) is 0 Å². The van der Waals surface area contributed by atoms with Gasteiger partial charge in [0.15, 0.2) is 0 Å². The number of carboxylic acid groups (broad SMARTS) is 1. The molecule has 1 rings (SSSR count). The second-order valence-corrected chi connectivity index (χ2v) is 3.25. The fourth-order valence-electron chi connectivity index (χ4n) is 1.09. The van der Waals surface area contributed by atoms with E-state index >= 15 is 0 Å². The Morgan fingerprint density at radius 2 is 2.12 bits per heavy atom. The Hall–Kier alpha value is -2.15. The minimum absolute atomic E-state index is 0.0265. The molecule has 0 aliphatic heterocycles. The molecule has 17 heavy (non-hydrogen) atoms. The van der Waals surface area contributed by atoms with Gasteiger partial charge in [-0.3, -0.25) is 0 Å². The Kier molecular flexibility index (Phi) is 4.89. The molecule has 0 fully saturated rings. The number of urea groups is 1. The van der Waals surface area contributed by atoms with Crippen LogP contribution in [0.15, 0.2) is 18.3 Å². The summed E-state index contributed by atoms with van der Waals surface area (Å²) in [6, 6.07) is 2.66. The van der Waals surface area contributed by atoms with Gasteiger partial charge in [-0.15, -0.1) is 0 Å². The highest BCUT2D eigenvalue weighted by atomic mass is 16.4. The Morgan fingerprint density at radius 3 is 2.65 bits per heavy atom. The van der Waals surface area contributed by atoms with Crippen molar-refractivity contribution in [1.82, 2.24) is 15.6 Å². The van der Waals surface area contributed by atoms with Gasteiger partial charge < -0.3 is 21.5 Å². The molecule has 5 N–H and O–H groups in total. The molecule has 92 valence electrons. The fourth-order valence-corrected chi connectivity index (χ4v) is 1.09. The van der Waals surface area contributed by atoms with Gasteiger partial charge >= 0.3 is 12.0 Å². The van der Waals surface area contributed by atoms with E-state index in [0.717, 1.165) is 5.56 Å². The summed E-state index contributed by atoms with van der Waals surface area (Å²) >= 11 is 0. The van der Waals surface area contributed by atoms with Gasteiger partial charge in [0.2, 0.25) is 0 Å². The molecule has 0 unspecified atom stereocenters. The van der Waals surface area contributed by atoms with Crippen LogP contribution in [0.25, 0.3) is 0 Å². The molecule has 0 aromatic carbocycles. The Bertz CT molecular complexity index is 391. The topological polar surface area (TPSA) is 117 Å². The number of hydrogen-bond acceptors (Lipinski definition) is 4. The molecule has 0 radical (unpaired) electrons. The van der Waals surface area contributed by atoms with E-state index in [4.69, 9.17) is 10.8 Å². The van der Waals surface area contributed by atoms with Gasteiger partial charge in [0.1, 0.15) is 5.69 Å². The van der Waals surface area contributed by atoms with Gasteiger partial charge in [0.05, 0.1) is 0 Å². The number of carboxylic acids is 1. The maximum atomic E-state index is 11.2. The summed E-state index contributed by atoms with van der Waals surface area (Å²) in [5.74, 6) is -1.08.